The number of amides is 2. The van der Waals surface area contributed by atoms with Crippen LogP contribution in [0, 0.1) is 6.92 Å². The summed E-state index contributed by atoms with van der Waals surface area (Å²) in [5.74, 6) is -1.07. The van der Waals surface area contributed by atoms with Gasteiger partial charge in [-0.15, -0.1) is 11.3 Å². The minimum Gasteiger partial charge on any atom is -0.468 e. The lowest BCUT2D eigenvalue weighted by Crippen LogP contribution is -2.34. The van der Waals surface area contributed by atoms with E-state index in [2.05, 4.69) is 4.74 Å². The fourth-order valence-electron chi connectivity index (χ4n) is 1.48. The first-order chi connectivity index (χ1) is 9.02. The van der Waals surface area contributed by atoms with Gasteiger partial charge in [-0.3, -0.25) is 19.3 Å². The van der Waals surface area contributed by atoms with Crippen LogP contribution in [0.4, 0.5) is 4.79 Å². The van der Waals surface area contributed by atoms with E-state index in [-0.39, 0.29) is 6.54 Å². The van der Waals surface area contributed by atoms with Gasteiger partial charge in [0, 0.05) is 4.88 Å². The van der Waals surface area contributed by atoms with Gasteiger partial charge in [-0.2, -0.15) is 0 Å². The molecule has 1 aromatic rings. The number of hydrogen-bond acceptors (Lipinski definition) is 6. The van der Waals surface area contributed by atoms with Crippen LogP contribution in [0.15, 0.2) is 16.4 Å². The fraction of sp³-hybridized carbons (Fsp3) is 0.250. The van der Waals surface area contributed by atoms with Crippen molar-refractivity contribution in [1.29, 1.82) is 0 Å². The molecule has 0 N–H and O–H groups in total. The highest BCUT2D eigenvalue weighted by molar-refractivity contribution is 8.18. The second kappa shape index (κ2) is 5.58. The van der Waals surface area contributed by atoms with Gasteiger partial charge in [0.25, 0.3) is 11.1 Å². The number of methoxy groups -OCH3 is 1. The van der Waals surface area contributed by atoms with Crippen molar-refractivity contribution >= 4 is 46.3 Å². The Kier molecular flexibility index (Phi) is 4.06. The molecule has 2 rings (SSSR count). The number of ether oxygens (including phenoxy) is 1. The summed E-state index contributed by atoms with van der Waals surface area (Å²) in [7, 11) is 1.21. The maximum atomic E-state index is 12.0. The van der Waals surface area contributed by atoms with Crippen LogP contribution in [0.25, 0.3) is 6.08 Å². The average molecular weight is 297 g/mol. The number of thioether (sulfide) groups is 1. The van der Waals surface area contributed by atoms with E-state index in [0.29, 0.717) is 4.91 Å². The Hall–Kier alpha value is -1.60. The van der Waals surface area contributed by atoms with E-state index in [4.69, 9.17) is 0 Å². The molecule has 0 aromatic carbocycles. The van der Waals surface area contributed by atoms with Crippen LogP contribution in [-0.2, 0) is 14.3 Å². The van der Waals surface area contributed by atoms with E-state index in [0.717, 1.165) is 27.1 Å². The van der Waals surface area contributed by atoms with Crippen molar-refractivity contribution in [3.05, 3.63) is 26.8 Å². The predicted molar refractivity (Wildman–Crippen MR) is 73.7 cm³/mol. The molecule has 100 valence electrons. The predicted octanol–water partition coefficient (Wildman–Crippen LogP) is 2.27. The zero-order chi connectivity index (χ0) is 14.0. The van der Waals surface area contributed by atoms with Crippen LogP contribution in [0.3, 0.4) is 0 Å². The summed E-state index contributed by atoms with van der Waals surface area (Å²) in [6.07, 6.45) is 1.68. The second-order valence-corrected chi connectivity index (χ2v) is 5.75. The van der Waals surface area contributed by atoms with Crippen molar-refractivity contribution < 1.29 is 19.1 Å². The van der Waals surface area contributed by atoms with Gasteiger partial charge in [-0.25, -0.2) is 0 Å². The quantitative estimate of drug-likeness (QED) is 0.632. The van der Waals surface area contributed by atoms with Crippen molar-refractivity contribution in [2.75, 3.05) is 13.7 Å². The zero-order valence-electron chi connectivity index (χ0n) is 10.3. The molecule has 5 nitrogen and oxygen atoms in total. The van der Waals surface area contributed by atoms with Crippen molar-refractivity contribution in [2.45, 2.75) is 6.92 Å². The molecule has 0 aliphatic carbocycles. The molecule has 2 amide bonds. The highest BCUT2D eigenvalue weighted by Crippen LogP contribution is 2.33. The second-order valence-electron chi connectivity index (χ2n) is 3.81. The van der Waals surface area contributed by atoms with Crippen molar-refractivity contribution in [3.8, 4) is 0 Å². The van der Waals surface area contributed by atoms with E-state index in [1.165, 1.54) is 18.4 Å². The Labute approximate surface area is 118 Å². The number of carbonyl (C=O) groups excluding carboxylic acids is 3. The Morgan fingerprint density at radius 2 is 2.21 bits per heavy atom. The smallest absolute Gasteiger partial charge is 0.325 e. The number of esters is 1. The van der Waals surface area contributed by atoms with E-state index in [1.807, 2.05) is 18.4 Å². The summed E-state index contributed by atoms with van der Waals surface area (Å²) in [4.78, 5) is 37.0. The summed E-state index contributed by atoms with van der Waals surface area (Å²) < 4.78 is 4.46. The topological polar surface area (TPSA) is 63.7 Å². The highest BCUT2D eigenvalue weighted by Gasteiger charge is 2.36. The van der Waals surface area contributed by atoms with E-state index in [1.54, 1.807) is 6.08 Å². The number of aryl methyl sites for hydroxylation is 1. The number of thiophene rings is 1. The first-order valence-electron chi connectivity index (χ1n) is 5.39. The van der Waals surface area contributed by atoms with E-state index < -0.39 is 17.1 Å². The number of rotatable bonds is 3. The van der Waals surface area contributed by atoms with Crippen molar-refractivity contribution in [2.24, 2.45) is 0 Å². The molecule has 1 aliphatic rings. The lowest BCUT2D eigenvalue weighted by atomic mass is 10.2. The summed E-state index contributed by atoms with van der Waals surface area (Å²) in [5.41, 5.74) is 1.05. The van der Waals surface area contributed by atoms with Crippen molar-refractivity contribution in [1.82, 2.24) is 4.90 Å². The molecule has 0 bridgehead atoms. The molecular formula is C12H11NO4S2. The third kappa shape index (κ3) is 2.87. The summed E-state index contributed by atoms with van der Waals surface area (Å²) >= 11 is 2.33. The highest BCUT2D eigenvalue weighted by atomic mass is 32.2. The molecule has 0 unspecified atom stereocenters. The summed E-state index contributed by atoms with van der Waals surface area (Å²) in [6.45, 7) is 1.59. The number of imide groups is 1. The largest absolute Gasteiger partial charge is 0.468 e. The molecule has 1 aromatic heterocycles. The van der Waals surface area contributed by atoms with Crippen LogP contribution in [0.2, 0.25) is 0 Å². The molecule has 1 aliphatic heterocycles. The van der Waals surface area contributed by atoms with Gasteiger partial charge >= 0.3 is 5.97 Å². The Morgan fingerprint density at radius 1 is 1.47 bits per heavy atom. The molecule has 1 fully saturated rings. The fourth-order valence-corrected chi connectivity index (χ4v) is 3.23. The zero-order valence-corrected chi connectivity index (χ0v) is 12.0. The first-order valence-corrected chi connectivity index (χ1v) is 7.09. The monoisotopic (exact) mass is 297 g/mol. The van der Waals surface area contributed by atoms with Crippen molar-refractivity contribution in [3.63, 3.8) is 0 Å². The normalized spacial score (nSPS) is 17.4. The average Bonchev–Trinajstić information content (AvgIpc) is 2.89. The molecule has 1 saturated heterocycles. The molecule has 0 atom stereocenters. The molecule has 7 heteroatoms. The number of carbonyl (C=O) groups is 3. The molecular weight excluding hydrogens is 286 g/mol. The maximum absolute atomic E-state index is 12.0. The van der Waals surface area contributed by atoms with Gasteiger partial charge in [0.1, 0.15) is 6.54 Å². The first kappa shape index (κ1) is 13.8. The SMILES string of the molecule is COC(=O)CN1C(=O)S/C(=C\c2sccc2C)C1=O. The van der Waals surface area contributed by atoms with Gasteiger partial charge in [-0.05, 0) is 41.8 Å². The van der Waals surface area contributed by atoms with Crippen LogP contribution in [0.5, 0.6) is 0 Å². The number of nitrogens with zero attached hydrogens (tertiary/aromatic N) is 1. The van der Waals surface area contributed by atoms with Gasteiger partial charge in [0.05, 0.1) is 12.0 Å². The van der Waals surface area contributed by atoms with Gasteiger partial charge in [-0.1, -0.05) is 0 Å². The summed E-state index contributed by atoms with van der Waals surface area (Å²) in [6, 6.07) is 1.94. The van der Waals surface area contributed by atoms with Crippen LogP contribution < -0.4 is 0 Å². The maximum Gasteiger partial charge on any atom is 0.325 e. The minimum atomic E-state index is -0.615. The number of hydrogen-bond donors (Lipinski definition) is 0. The third-order valence-corrected chi connectivity index (χ3v) is 4.43. The molecule has 0 spiro atoms. The third-order valence-electron chi connectivity index (χ3n) is 2.55. The minimum absolute atomic E-state index is 0.333. The Bertz CT molecular complexity index is 576. The lowest BCUT2D eigenvalue weighted by molar-refractivity contribution is -0.143. The van der Waals surface area contributed by atoms with Crippen LogP contribution in [0.1, 0.15) is 10.4 Å². The van der Waals surface area contributed by atoms with Gasteiger partial charge < -0.3 is 4.74 Å². The molecule has 0 saturated carbocycles. The van der Waals surface area contributed by atoms with Crippen LogP contribution >= 0.6 is 23.1 Å². The van der Waals surface area contributed by atoms with Gasteiger partial charge in [0.15, 0.2) is 0 Å². The summed E-state index contributed by atoms with van der Waals surface area (Å²) in [5, 5.41) is 1.47. The molecule has 2 heterocycles. The molecule has 19 heavy (non-hydrogen) atoms. The Balaban J connectivity index is 2.21. The van der Waals surface area contributed by atoms with Crippen LogP contribution in [-0.4, -0.2) is 35.7 Å². The Morgan fingerprint density at radius 3 is 2.79 bits per heavy atom. The standard InChI is InChI=1S/C12H11NO4S2/c1-7-3-4-18-8(7)5-9-11(15)13(12(16)19-9)6-10(14)17-2/h3-5H,6H2,1-2H3/b9-5-. The van der Waals surface area contributed by atoms with E-state index >= 15 is 0 Å². The van der Waals surface area contributed by atoms with E-state index in [9.17, 15) is 14.4 Å². The van der Waals surface area contributed by atoms with Gasteiger partial charge in [0.2, 0.25) is 0 Å². The molecule has 0 radical (unpaired) electrons. The lowest BCUT2D eigenvalue weighted by Gasteiger charge is -2.09.